The fraction of sp³-hybridized carbons (Fsp3) is 0.538. The van der Waals surface area contributed by atoms with Gasteiger partial charge in [-0.25, -0.2) is 0 Å². The van der Waals surface area contributed by atoms with Crippen LogP contribution in [0.15, 0.2) is 12.3 Å². The molecular formula is C13H23N5. The van der Waals surface area contributed by atoms with Gasteiger partial charge in [0.2, 0.25) is 0 Å². The third kappa shape index (κ3) is 4.71. The van der Waals surface area contributed by atoms with Crippen LogP contribution in [-0.2, 0) is 12.8 Å². The SMILES string of the molecule is CCc1ncc(CCCN(C)C)cc1NC(=N)N. The number of hydrogen-bond acceptors (Lipinski definition) is 3. The molecule has 1 rings (SSSR count). The molecule has 0 saturated heterocycles. The van der Waals surface area contributed by atoms with Crippen LogP contribution < -0.4 is 11.1 Å². The van der Waals surface area contributed by atoms with Crippen molar-refractivity contribution in [3.63, 3.8) is 0 Å². The Kier molecular flexibility index (Phi) is 5.58. The van der Waals surface area contributed by atoms with Crippen LogP contribution in [0.25, 0.3) is 0 Å². The van der Waals surface area contributed by atoms with Gasteiger partial charge < -0.3 is 16.0 Å². The summed E-state index contributed by atoms with van der Waals surface area (Å²) >= 11 is 0. The summed E-state index contributed by atoms with van der Waals surface area (Å²) < 4.78 is 0. The summed E-state index contributed by atoms with van der Waals surface area (Å²) in [5.41, 5.74) is 8.35. The van der Waals surface area contributed by atoms with Gasteiger partial charge in [-0.3, -0.25) is 10.4 Å². The zero-order valence-electron chi connectivity index (χ0n) is 11.5. The molecule has 0 atom stereocenters. The summed E-state index contributed by atoms with van der Waals surface area (Å²) in [6, 6.07) is 2.04. The molecule has 0 aliphatic rings. The molecule has 0 radical (unpaired) electrons. The molecule has 0 spiro atoms. The first-order valence-corrected chi connectivity index (χ1v) is 6.26. The Labute approximate surface area is 109 Å². The number of guanidine groups is 1. The molecule has 0 saturated carbocycles. The van der Waals surface area contributed by atoms with Crippen molar-refractivity contribution in [2.24, 2.45) is 5.73 Å². The van der Waals surface area contributed by atoms with Crippen LogP contribution in [0.1, 0.15) is 24.6 Å². The van der Waals surface area contributed by atoms with Crippen molar-refractivity contribution in [1.82, 2.24) is 9.88 Å². The molecule has 0 aromatic carbocycles. The van der Waals surface area contributed by atoms with E-state index in [1.165, 1.54) is 5.56 Å². The van der Waals surface area contributed by atoms with E-state index in [9.17, 15) is 0 Å². The molecule has 5 nitrogen and oxygen atoms in total. The Bertz CT molecular complexity index is 400. The lowest BCUT2D eigenvalue weighted by atomic mass is 10.1. The van der Waals surface area contributed by atoms with E-state index in [4.69, 9.17) is 11.1 Å². The Hall–Kier alpha value is -1.62. The lowest BCUT2D eigenvalue weighted by Crippen LogP contribution is -2.21. The van der Waals surface area contributed by atoms with Gasteiger partial charge in [0.1, 0.15) is 0 Å². The molecule has 0 fully saturated rings. The van der Waals surface area contributed by atoms with Crippen LogP contribution in [0, 0.1) is 5.41 Å². The zero-order chi connectivity index (χ0) is 13.5. The fourth-order valence-corrected chi connectivity index (χ4v) is 1.81. The summed E-state index contributed by atoms with van der Waals surface area (Å²) in [4.78, 5) is 6.59. The molecule has 1 aromatic rings. The summed E-state index contributed by atoms with van der Waals surface area (Å²) in [5, 5.41) is 10.2. The number of pyridine rings is 1. The van der Waals surface area contributed by atoms with Crippen molar-refractivity contribution in [3.05, 3.63) is 23.5 Å². The summed E-state index contributed by atoms with van der Waals surface area (Å²) in [5.74, 6) is -0.0445. The van der Waals surface area contributed by atoms with Crippen molar-refractivity contribution < 1.29 is 0 Å². The van der Waals surface area contributed by atoms with Crippen LogP contribution in [0.4, 0.5) is 5.69 Å². The molecule has 5 heteroatoms. The predicted octanol–water partition coefficient (Wildman–Crippen LogP) is 1.44. The highest BCUT2D eigenvalue weighted by Crippen LogP contribution is 2.16. The maximum atomic E-state index is 7.30. The lowest BCUT2D eigenvalue weighted by molar-refractivity contribution is 0.400. The maximum absolute atomic E-state index is 7.30. The molecule has 1 heterocycles. The number of nitrogens with two attached hydrogens (primary N) is 1. The van der Waals surface area contributed by atoms with E-state index in [2.05, 4.69) is 29.3 Å². The second kappa shape index (κ2) is 6.96. The smallest absolute Gasteiger partial charge is 0.190 e. The first-order chi connectivity index (χ1) is 8.52. The van der Waals surface area contributed by atoms with Gasteiger partial charge in [0.05, 0.1) is 11.4 Å². The molecule has 0 aliphatic heterocycles. The highest BCUT2D eigenvalue weighted by atomic mass is 15.1. The van der Waals surface area contributed by atoms with Gasteiger partial charge in [0.25, 0.3) is 0 Å². The molecular weight excluding hydrogens is 226 g/mol. The van der Waals surface area contributed by atoms with Crippen molar-refractivity contribution in [2.75, 3.05) is 26.0 Å². The van der Waals surface area contributed by atoms with Gasteiger partial charge in [-0.1, -0.05) is 6.92 Å². The number of rotatable bonds is 6. The van der Waals surface area contributed by atoms with Crippen LogP contribution in [-0.4, -0.2) is 36.5 Å². The first-order valence-electron chi connectivity index (χ1n) is 6.26. The van der Waals surface area contributed by atoms with E-state index in [0.717, 1.165) is 37.2 Å². The topological polar surface area (TPSA) is 78.0 Å². The van der Waals surface area contributed by atoms with Crippen LogP contribution in [0.2, 0.25) is 0 Å². The predicted molar refractivity (Wildman–Crippen MR) is 76.0 cm³/mol. The lowest BCUT2D eigenvalue weighted by Gasteiger charge is -2.12. The third-order valence-electron chi connectivity index (χ3n) is 2.70. The minimum Gasteiger partial charge on any atom is -0.370 e. The fourth-order valence-electron chi connectivity index (χ4n) is 1.81. The van der Waals surface area contributed by atoms with Gasteiger partial charge in [-0.15, -0.1) is 0 Å². The standard InChI is InChI=1S/C13H23N5/c1-4-11-12(17-13(14)15)8-10(9-16-11)6-5-7-18(2)3/h8-9H,4-7H2,1-3H3,(H4,14,15,17). The largest absolute Gasteiger partial charge is 0.370 e. The molecule has 18 heavy (non-hydrogen) atoms. The average molecular weight is 249 g/mol. The number of nitrogens with one attached hydrogen (secondary N) is 2. The second-order valence-corrected chi connectivity index (χ2v) is 4.64. The van der Waals surface area contributed by atoms with E-state index in [0.29, 0.717) is 0 Å². The number of anilines is 1. The summed E-state index contributed by atoms with van der Waals surface area (Å²) in [6.45, 7) is 3.10. The number of nitrogens with zero attached hydrogens (tertiary/aromatic N) is 2. The van der Waals surface area contributed by atoms with Crippen molar-refractivity contribution in [1.29, 1.82) is 5.41 Å². The normalized spacial score (nSPS) is 10.7. The number of aryl methyl sites for hydroxylation is 2. The second-order valence-electron chi connectivity index (χ2n) is 4.64. The molecule has 0 unspecified atom stereocenters. The highest BCUT2D eigenvalue weighted by molar-refractivity contribution is 5.90. The summed E-state index contributed by atoms with van der Waals surface area (Å²) in [6.07, 6.45) is 4.83. The molecule has 1 aromatic heterocycles. The maximum Gasteiger partial charge on any atom is 0.190 e. The van der Waals surface area contributed by atoms with Crippen molar-refractivity contribution in [3.8, 4) is 0 Å². The van der Waals surface area contributed by atoms with Gasteiger partial charge in [-0.2, -0.15) is 0 Å². The van der Waals surface area contributed by atoms with Gasteiger partial charge in [0, 0.05) is 6.20 Å². The molecule has 4 N–H and O–H groups in total. The summed E-state index contributed by atoms with van der Waals surface area (Å²) in [7, 11) is 4.14. The van der Waals surface area contributed by atoms with Crippen LogP contribution >= 0.6 is 0 Å². The Morgan fingerprint density at radius 1 is 1.50 bits per heavy atom. The van der Waals surface area contributed by atoms with Crippen molar-refractivity contribution in [2.45, 2.75) is 26.2 Å². The Morgan fingerprint density at radius 3 is 2.78 bits per heavy atom. The molecule has 0 aliphatic carbocycles. The highest BCUT2D eigenvalue weighted by Gasteiger charge is 2.05. The van der Waals surface area contributed by atoms with Gasteiger partial charge in [0.15, 0.2) is 5.96 Å². The minimum absolute atomic E-state index is 0.0445. The zero-order valence-corrected chi connectivity index (χ0v) is 11.5. The molecule has 100 valence electrons. The Balaban J connectivity index is 2.72. The van der Waals surface area contributed by atoms with Gasteiger partial charge in [-0.05, 0) is 51.5 Å². The van der Waals surface area contributed by atoms with E-state index >= 15 is 0 Å². The molecule has 0 amide bonds. The van der Waals surface area contributed by atoms with E-state index in [1.54, 1.807) is 0 Å². The number of hydrogen-bond donors (Lipinski definition) is 3. The van der Waals surface area contributed by atoms with E-state index in [1.807, 2.05) is 19.2 Å². The van der Waals surface area contributed by atoms with Crippen LogP contribution in [0.5, 0.6) is 0 Å². The van der Waals surface area contributed by atoms with Crippen LogP contribution in [0.3, 0.4) is 0 Å². The number of aromatic nitrogens is 1. The van der Waals surface area contributed by atoms with E-state index in [-0.39, 0.29) is 5.96 Å². The third-order valence-corrected chi connectivity index (χ3v) is 2.70. The molecule has 0 bridgehead atoms. The van der Waals surface area contributed by atoms with Gasteiger partial charge >= 0.3 is 0 Å². The average Bonchev–Trinajstić information content (AvgIpc) is 2.28. The minimum atomic E-state index is -0.0445. The Morgan fingerprint density at radius 2 is 2.22 bits per heavy atom. The van der Waals surface area contributed by atoms with E-state index < -0.39 is 0 Å². The first kappa shape index (κ1) is 14.4. The van der Waals surface area contributed by atoms with Crippen molar-refractivity contribution >= 4 is 11.6 Å². The monoisotopic (exact) mass is 249 g/mol. The quantitative estimate of drug-likeness (QED) is 0.526.